The molecule has 3 nitrogen and oxygen atoms in total. The number of nitrogens with one attached hydrogen (secondary N) is 2. The van der Waals surface area contributed by atoms with E-state index in [4.69, 9.17) is 5.73 Å². The second-order valence-corrected chi connectivity index (χ2v) is 4.62. The van der Waals surface area contributed by atoms with Crippen LogP contribution in [-0.4, -0.2) is 13.6 Å². The van der Waals surface area contributed by atoms with Crippen molar-refractivity contribution in [2.45, 2.75) is 27.2 Å². The predicted molar refractivity (Wildman–Crippen MR) is 104 cm³/mol. The van der Waals surface area contributed by atoms with Crippen LogP contribution < -0.4 is 16.4 Å². The third-order valence-electron chi connectivity index (χ3n) is 3.12. The molecule has 126 valence electrons. The Balaban J connectivity index is 0.00000232. The normalized spacial score (nSPS) is 11.2. The van der Waals surface area contributed by atoms with Gasteiger partial charge in [0.15, 0.2) is 0 Å². The molecular weight excluding hydrogens is 282 g/mol. The maximum atomic E-state index is 5.57. The van der Waals surface area contributed by atoms with Crippen LogP contribution in [-0.2, 0) is 6.42 Å². The molecule has 0 heterocycles. The summed E-state index contributed by atoms with van der Waals surface area (Å²) in [7, 11) is 1.85. The zero-order valence-corrected chi connectivity index (χ0v) is 14.9. The fraction of sp³-hybridized carbons (Fsp3) is 0.300. The number of anilines is 1. The Morgan fingerprint density at radius 1 is 1.22 bits per heavy atom. The quantitative estimate of drug-likeness (QED) is 0.624. The van der Waals surface area contributed by atoms with Gasteiger partial charge >= 0.3 is 0 Å². The van der Waals surface area contributed by atoms with Gasteiger partial charge in [0.2, 0.25) is 0 Å². The zero-order valence-electron chi connectivity index (χ0n) is 14.9. The Bertz CT molecular complexity index is 537. The standard InChI is InChI=1S/C18H25N3.C2H6/c1-5-7-18(17(6-2)14(3)20-4)21-16-10-8-15(9-11-16)12-13-19;1-2/h5-11,20-21H,2-3,12-13,19H2,1,4H3;1-2H3/b7-5-,18-17-;. The lowest BCUT2D eigenvalue weighted by Crippen LogP contribution is -2.10. The molecule has 0 aliphatic carbocycles. The lowest BCUT2D eigenvalue weighted by atomic mass is 10.1. The molecule has 0 amide bonds. The van der Waals surface area contributed by atoms with Crippen molar-refractivity contribution in [1.29, 1.82) is 0 Å². The van der Waals surface area contributed by atoms with Gasteiger partial charge in [0.1, 0.15) is 0 Å². The highest BCUT2D eigenvalue weighted by atomic mass is 14.9. The minimum atomic E-state index is 0.666. The van der Waals surface area contributed by atoms with Crippen molar-refractivity contribution in [2.75, 3.05) is 18.9 Å². The third-order valence-corrected chi connectivity index (χ3v) is 3.12. The van der Waals surface area contributed by atoms with Crippen molar-refractivity contribution >= 4 is 5.69 Å². The highest BCUT2D eigenvalue weighted by Crippen LogP contribution is 2.18. The summed E-state index contributed by atoms with van der Waals surface area (Å²) in [6.07, 6.45) is 6.68. The van der Waals surface area contributed by atoms with Gasteiger partial charge < -0.3 is 16.4 Å². The summed E-state index contributed by atoms with van der Waals surface area (Å²) in [5.41, 5.74) is 10.6. The zero-order chi connectivity index (χ0) is 17.7. The summed E-state index contributed by atoms with van der Waals surface area (Å²) < 4.78 is 0. The summed E-state index contributed by atoms with van der Waals surface area (Å²) in [4.78, 5) is 0. The van der Waals surface area contributed by atoms with Crippen LogP contribution in [0, 0.1) is 0 Å². The summed E-state index contributed by atoms with van der Waals surface area (Å²) >= 11 is 0. The molecule has 0 radical (unpaired) electrons. The molecule has 1 aromatic carbocycles. The van der Waals surface area contributed by atoms with E-state index in [0.717, 1.165) is 29.1 Å². The first-order chi connectivity index (χ1) is 11.2. The van der Waals surface area contributed by atoms with Gasteiger partial charge in [-0.3, -0.25) is 0 Å². The molecule has 4 N–H and O–H groups in total. The molecule has 0 aliphatic heterocycles. The van der Waals surface area contributed by atoms with Gasteiger partial charge in [0, 0.05) is 29.7 Å². The van der Waals surface area contributed by atoms with Crippen LogP contribution in [0.2, 0.25) is 0 Å². The van der Waals surface area contributed by atoms with Crippen molar-refractivity contribution in [1.82, 2.24) is 5.32 Å². The molecule has 0 atom stereocenters. The van der Waals surface area contributed by atoms with E-state index in [1.165, 1.54) is 5.56 Å². The first-order valence-corrected chi connectivity index (χ1v) is 8.08. The number of nitrogens with two attached hydrogens (primary N) is 1. The third kappa shape index (κ3) is 7.02. The van der Waals surface area contributed by atoms with Crippen LogP contribution in [0.4, 0.5) is 5.69 Å². The first kappa shape index (κ1) is 20.7. The van der Waals surface area contributed by atoms with E-state index >= 15 is 0 Å². The van der Waals surface area contributed by atoms with E-state index in [1.54, 1.807) is 6.08 Å². The Morgan fingerprint density at radius 3 is 2.26 bits per heavy atom. The van der Waals surface area contributed by atoms with Gasteiger partial charge in [0.05, 0.1) is 0 Å². The molecule has 1 rings (SSSR count). The smallest absolute Gasteiger partial charge is 0.0475 e. The number of rotatable bonds is 8. The molecule has 0 bridgehead atoms. The van der Waals surface area contributed by atoms with E-state index in [-0.39, 0.29) is 0 Å². The molecule has 0 spiro atoms. The molecule has 1 aromatic rings. The molecular formula is C20H31N3. The number of hydrogen-bond acceptors (Lipinski definition) is 3. The Labute approximate surface area is 141 Å². The molecule has 23 heavy (non-hydrogen) atoms. The molecule has 0 saturated carbocycles. The van der Waals surface area contributed by atoms with Gasteiger partial charge in [-0.05, 0) is 43.7 Å². The average Bonchev–Trinajstić information content (AvgIpc) is 2.59. The van der Waals surface area contributed by atoms with E-state index in [1.807, 2.05) is 40.0 Å². The van der Waals surface area contributed by atoms with Crippen LogP contribution in [0.3, 0.4) is 0 Å². The van der Waals surface area contributed by atoms with E-state index in [2.05, 4.69) is 48.1 Å². The lowest BCUT2D eigenvalue weighted by Gasteiger charge is -2.14. The van der Waals surface area contributed by atoms with E-state index < -0.39 is 0 Å². The Hall–Kier alpha value is -2.26. The SMILES string of the molecule is C=C/C(C(=C)NC)=C(\C=C/C)Nc1ccc(CCN)cc1.CC. The van der Waals surface area contributed by atoms with Crippen molar-refractivity contribution in [3.8, 4) is 0 Å². The molecule has 3 heteroatoms. The van der Waals surface area contributed by atoms with Crippen molar-refractivity contribution in [2.24, 2.45) is 5.73 Å². The Morgan fingerprint density at radius 2 is 1.83 bits per heavy atom. The van der Waals surface area contributed by atoms with Crippen LogP contribution in [0.1, 0.15) is 26.3 Å². The summed E-state index contributed by atoms with van der Waals surface area (Å²) in [5.74, 6) is 0. The van der Waals surface area contributed by atoms with Crippen LogP contribution >= 0.6 is 0 Å². The minimum absolute atomic E-state index is 0.666. The first-order valence-electron chi connectivity index (χ1n) is 8.08. The molecule has 0 aromatic heterocycles. The molecule has 0 aliphatic rings. The predicted octanol–water partition coefficient (Wildman–Crippen LogP) is 4.38. The fourth-order valence-electron chi connectivity index (χ4n) is 1.97. The maximum absolute atomic E-state index is 5.57. The second-order valence-electron chi connectivity index (χ2n) is 4.62. The number of likely N-dealkylation sites (N-methyl/N-ethyl adjacent to an activating group) is 1. The highest BCUT2D eigenvalue weighted by Gasteiger charge is 2.05. The number of hydrogen-bond donors (Lipinski definition) is 3. The molecule has 0 fully saturated rings. The van der Waals surface area contributed by atoms with Gasteiger partial charge in [0.25, 0.3) is 0 Å². The second kappa shape index (κ2) is 12.3. The average molecular weight is 313 g/mol. The van der Waals surface area contributed by atoms with Gasteiger partial charge in [-0.15, -0.1) is 0 Å². The van der Waals surface area contributed by atoms with Gasteiger partial charge in [-0.25, -0.2) is 0 Å². The fourth-order valence-corrected chi connectivity index (χ4v) is 1.97. The number of allylic oxidation sites excluding steroid dienone is 3. The van der Waals surface area contributed by atoms with Crippen molar-refractivity contribution < 1.29 is 0 Å². The molecule has 0 unspecified atom stereocenters. The summed E-state index contributed by atoms with van der Waals surface area (Å²) in [6, 6.07) is 8.28. The van der Waals surface area contributed by atoms with Crippen LogP contribution in [0.5, 0.6) is 0 Å². The lowest BCUT2D eigenvalue weighted by molar-refractivity contribution is 0.969. The highest BCUT2D eigenvalue weighted by molar-refractivity contribution is 5.57. The monoisotopic (exact) mass is 313 g/mol. The topological polar surface area (TPSA) is 50.1 Å². The van der Waals surface area contributed by atoms with Crippen molar-refractivity contribution in [3.05, 3.63) is 78.2 Å². The van der Waals surface area contributed by atoms with Crippen LogP contribution in [0.25, 0.3) is 0 Å². The minimum Gasteiger partial charge on any atom is -0.388 e. The van der Waals surface area contributed by atoms with Gasteiger partial charge in [-0.1, -0.05) is 51.3 Å². The number of benzene rings is 1. The summed E-state index contributed by atoms with van der Waals surface area (Å²) in [5, 5.41) is 6.46. The maximum Gasteiger partial charge on any atom is 0.0475 e. The van der Waals surface area contributed by atoms with E-state index in [9.17, 15) is 0 Å². The van der Waals surface area contributed by atoms with Gasteiger partial charge in [-0.2, -0.15) is 0 Å². The van der Waals surface area contributed by atoms with E-state index in [0.29, 0.717) is 6.54 Å². The van der Waals surface area contributed by atoms with Crippen molar-refractivity contribution in [3.63, 3.8) is 0 Å². The summed E-state index contributed by atoms with van der Waals surface area (Å²) in [6.45, 7) is 14.5. The molecule has 0 saturated heterocycles. The van der Waals surface area contributed by atoms with Crippen LogP contribution in [0.15, 0.2) is 72.6 Å². The Kier molecular flexibility index (Phi) is 11.1. The largest absolute Gasteiger partial charge is 0.388 e.